The Morgan fingerprint density at radius 1 is 0.944 bits per heavy atom. The van der Waals surface area contributed by atoms with Gasteiger partial charge in [-0.3, -0.25) is 0 Å². The summed E-state index contributed by atoms with van der Waals surface area (Å²) in [5, 5.41) is 4.20. The Morgan fingerprint density at radius 2 is 1.72 bits per heavy atom. The summed E-state index contributed by atoms with van der Waals surface area (Å²) in [5.41, 5.74) is 5.53. The number of hydrogen-bond acceptors (Lipinski definition) is 1. The first-order chi connectivity index (χ1) is 8.81. The molecule has 1 aliphatic rings. The van der Waals surface area contributed by atoms with Gasteiger partial charge in [0.1, 0.15) is 0 Å². The smallest absolute Gasteiger partial charge is 0.0407 e. The van der Waals surface area contributed by atoms with E-state index in [0.29, 0.717) is 0 Å². The lowest BCUT2D eigenvalue weighted by Crippen LogP contribution is -2.00. The number of hydrogen-bond donors (Lipinski definition) is 1. The highest BCUT2D eigenvalue weighted by molar-refractivity contribution is 6.30. The van der Waals surface area contributed by atoms with E-state index in [-0.39, 0.29) is 0 Å². The lowest BCUT2D eigenvalue weighted by Gasteiger charge is -2.08. The van der Waals surface area contributed by atoms with E-state index in [9.17, 15) is 0 Å². The average molecular weight is 258 g/mol. The number of aryl methyl sites for hydroxylation is 2. The summed E-state index contributed by atoms with van der Waals surface area (Å²) < 4.78 is 0. The zero-order chi connectivity index (χ0) is 12.4. The molecule has 2 heteroatoms. The maximum Gasteiger partial charge on any atom is 0.0407 e. The minimum Gasteiger partial charge on any atom is -0.381 e. The van der Waals surface area contributed by atoms with E-state index in [0.717, 1.165) is 17.3 Å². The van der Waals surface area contributed by atoms with Gasteiger partial charge in [-0.1, -0.05) is 29.8 Å². The lowest BCUT2D eigenvalue weighted by molar-refractivity contribution is 0.911. The summed E-state index contributed by atoms with van der Waals surface area (Å²) in [6.45, 7) is 0.870. The van der Waals surface area contributed by atoms with E-state index >= 15 is 0 Å². The van der Waals surface area contributed by atoms with Crippen molar-refractivity contribution in [2.75, 3.05) is 5.32 Å². The summed E-state index contributed by atoms with van der Waals surface area (Å²) in [5.74, 6) is 0. The monoisotopic (exact) mass is 257 g/mol. The van der Waals surface area contributed by atoms with Gasteiger partial charge in [0.15, 0.2) is 0 Å². The molecule has 0 saturated carbocycles. The molecular formula is C16H16ClN. The van der Waals surface area contributed by atoms with Crippen LogP contribution in [0.3, 0.4) is 0 Å². The van der Waals surface area contributed by atoms with Crippen LogP contribution < -0.4 is 5.32 Å². The fourth-order valence-corrected chi connectivity index (χ4v) is 2.63. The van der Waals surface area contributed by atoms with E-state index in [4.69, 9.17) is 11.6 Å². The fraction of sp³-hybridized carbons (Fsp3) is 0.250. The second-order valence-corrected chi connectivity index (χ2v) is 5.25. The predicted molar refractivity (Wildman–Crippen MR) is 77.2 cm³/mol. The molecule has 0 unspecified atom stereocenters. The summed E-state index contributed by atoms with van der Waals surface area (Å²) in [6, 6.07) is 14.7. The molecule has 1 nitrogen and oxygen atoms in total. The second kappa shape index (κ2) is 5.03. The zero-order valence-corrected chi connectivity index (χ0v) is 11.0. The van der Waals surface area contributed by atoms with Gasteiger partial charge >= 0.3 is 0 Å². The maximum absolute atomic E-state index is 5.86. The Balaban J connectivity index is 1.68. The van der Waals surface area contributed by atoms with Crippen molar-refractivity contribution >= 4 is 17.3 Å². The zero-order valence-electron chi connectivity index (χ0n) is 10.2. The highest BCUT2D eigenvalue weighted by Crippen LogP contribution is 2.23. The summed E-state index contributed by atoms with van der Waals surface area (Å²) >= 11 is 5.86. The topological polar surface area (TPSA) is 12.0 Å². The van der Waals surface area contributed by atoms with Crippen LogP contribution >= 0.6 is 11.6 Å². The van der Waals surface area contributed by atoms with Crippen LogP contribution in [0.4, 0.5) is 5.69 Å². The van der Waals surface area contributed by atoms with Crippen LogP contribution in [0.25, 0.3) is 0 Å². The fourth-order valence-electron chi connectivity index (χ4n) is 2.51. The van der Waals surface area contributed by atoms with E-state index in [1.54, 1.807) is 0 Å². The van der Waals surface area contributed by atoms with Gasteiger partial charge in [0.2, 0.25) is 0 Å². The van der Waals surface area contributed by atoms with Crippen LogP contribution in [0.1, 0.15) is 23.1 Å². The molecule has 1 N–H and O–H groups in total. The molecule has 0 aliphatic heterocycles. The van der Waals surface area contributed by atoms with E-state index in [1.807, 2.05) is 24.3 Å². The molecule has 0 saturated heterocycles. The van der Waals surface area contributed by atoms with Gasteiger partial charge in [-0.2, -0.15) is 0 Å². The van der Waals surface area contributed by atoms with Crippen LogP contribution in [0, 0.1) is 0 Å². The number of nitrogens with one attached hydrogen (secondary N) is 1. The predicted octanol–water partition coefficient (Wildman–Crippen LogP) is 4.44. The number of fused-ring (bicyclic) bond motifs is 1. The third kappa shape index (κ3) is 2.51. The molecule has 92 valence electrons. The Hall–Kier alpha value is -1.47. The van der Waals surface area contributed by atoms with Gasteiger partial charge in [-0.25, -0.2) is 0 Å². The molecule has 2 aromatic rings. The molecule has 1 aliphatic carbocycles. The van der Waals surface area contributed by atoms with Gasteiger partial charge in [0, 0.05) is 17.3 Å². The molecular weight excluding hydrogens is 242 g/mol. The first-order valence-electron chi connectivity index (χ1n) is 6.41. The SMILES string of the molecule is Clc1ccc(NCc2ccc3c(c2)CCC3)cc1. The number of anilines is 1. The van der Waals surface area contributed by atoms with Gasteiger partial charge in [-0.15, -0.1) is 0 Å². The van der Waals surface area contributed by atoms with Crippen LogP contribution in [0.2, 0.25) is 5.02 Å². The lowest BCUT2D eigenvalue weighted by atomic mass is 10.1. The number of rotatable bonds is 3. The van der Waals surface area contributed by atoms with Crippen molar-refractivity contribution in [1.82, 2.24) is 0 Å². The Bertz CT molecular complexity index is 546. The molecule has 2 aromatic carbocycles. The minimum absolute atomic E-state index is 0.776. The average Bonchev–Trinajstić information content (AvgIpc) is 2.85. The summed E-state index contributed by atoms with van der Waals surface area (Å²) in [6.07, 6.45) is 3.80. The quantitative estimate of drug-likeness (QED) is 0.857. The molecule has 0 heterocycles. The Morgan fingerprint density at radius 3 is 2.56 bits per heavy atom. The van der Waals surface area contributed by atoms with Crippen molar-refractivity contribution in [2.24, 2.45) is 0 Å². The van der Waals surface area contributed by atoms with E-state index in [2.05, 4.69) is 23.5 Å². The first-order valence-corrected chi connectivity index (χ1v) is 6.79. The molecule has 0 amide bonds. The normalized spacial score (nSPS) is 13.4. The van der Waals surface area contributed by atoms with E-state index in [1.165, 1.54) is 36.0 Å². The van der Waals surface area contributed by atoms with Gasteiger partial charge in [0.25, 0.3) is 0 Å². The van der Waals surface area contributed by atoms with Gasteiger partial charge in [-0.05, 0) is 60.2 Å². The maximum atomic E-state index is 5.86. The number of benzene rings is 2. The number of halogens is 1. The van der Waals surface area contributed by atoms with Crippen LogP contribution in [0.5, 0.6) is 0 Å². The molecule has 0 fully saturated rings. The molecule has 18 heavy (non-hydrogen) atoms. The van der Waals surface area contributed by atoms with Crippen LogP contribution in [-0.2, 0) is 19.4 Å². The van der Waals surface area contributed by atoms with E-state index < -0.39 is 0 Å². The van der Waals surface area contributed by atoms with Crippen molar-refractivity contribution in [1.29, 1.82) is 0 Å². The van der Waals surface area contributed by atoms with Crippen LogP contribution in [0.15, 0.2) is 42.5 Å². The van der Waals surface area contributed by atoms with Gasteiger partial charge in [0.05, 0.1) is 0 Å². The first kappa shape index (κ1) is 11.6. The van der Waals surface area contributed by atoms with Crippen molar-refractivity contribution in [2.45, 2.75) is 25.8 Å². The van der Waals surface area contributed by atoms with Crippen molar-refractivity contribution in [3.63, 3.8) is 0 Å². The molecule has 0 radical (unpaired) electrons. The second-order valence-electron chi connectivity index (χ2n) is 4.82. The van der Waals surface area contributed by atoms with Crippen molar-refractivity contribution in [3.8, 4) is 0 Å². The molecule has 0 aromatic heterocycles. The summed E-state index contributed by atoms with van der Waals surface area (Å²) in [7, 11) is 0. The molecule has 3 rings (SSSR count). The van der Waals surface area contributed by atoms with Crippen molar-refractivity contribution in [3.05, 3.63) is 64.2 Å². The molecule has 0 spiro atoms. The molecule has 0 atom stereocenters. The largest absolute Gasteiger partial charge is 0.381 e. The standard InChI is InChI=1S/C16H16ClN/c17-15-6-8-16(9-7-15)18-11-12-4-5-13-2-1-3-14(13)10-12/h4-10,18H,1-3,11H2. The van der Waals surface area contributed by atoms with Crippen molar-refractivity contribution < 1.29 is 0 Å². The summed E-state index contributed by atoms with van der Waals surface area (Å²) in [4.78, 5) is 0. The third-order valence-electron chi connectivity index (χ3n) is 3.50. The Kier molecular flexibility index (Phi) is 3.24. The highest BCUT2D eigenvalue weighted by atomic mass is 35.5. The highest BCUT2D eigenvalue weighted by Gasteiger charge is 2.10. The Labute approximate surface area is 113 Å². The molecule has 0 bridgehead atoms. The van der Waals surface area contributed by atoms with Crippen LogP contribution in [-0.4, -0.2) is 0 Å². The third-order valence-corrected chi connectivity index (χ3v) is 3.76. The van der Waals surface area contributed by atoms with Gasteiger partial charge < -0.3 is 5.32 Å². The minimum atomic E-state index is 0.776.